The lowest BCUT2D eigenvalue weighted by molar-refractivity contribution is -0.131. The van der Waals surface area contributed by atoms with Gasteiger partial charge >= 0.3 is 6.09 Å². The quantitative estimate of drug-likeness (QED) is 0.550. The minimum Gasteiger partial charge on any atom is -0.493 e. The highest BCUT2D eigenvalue weighted by Gasteiger charge is 2.24. The Morgan fingerprint density at radius 2 is 1.70 bits per heavy atom. The number of likely N-dealkylation sites (tertiary alicyclic amines) is 1. The van der Waals surface area contributed by atoms with Gasteiger partial charge in [0.15, 0.2) is 0 Å². The van der Waals surface area contributed by atoms with E-state index in [4.69, 9.17) is 9.47 Å². The fraction of sp³-hybridized carbons (Fsp3) is 0.640. The van der Waals surface area contributed by atoms with Crippen LogP contribution in [0.25, 0.3) is 0 Å². The van der Waals surface area contributed by atoms with E-state index in [9.17, 15) is 14.4 Å². The van der Waals surface area contributed by atoms with E-state index >= 15 is 0 Å². The van der Waals surface area contributed by atoms with Gasteiger partial charge in [-0.3, -0.25) is 9.59 Å². The highest BCUT2D eigenvalue weighted by molar-refractivity contribution is 5.82. The van der Waals surface area contributed by atoms with Crippen LogP contribution < -0.4 is 15.4 Å². The molecule has 3 amide bonds. The number of aryl methyl sites for hydroxylation is 2. The summed E-state index contributed by atoms with van der Waals surface area (Å²) in [6.07, 6.45) is 2.16. The highest BCUT2D eigenvalue weighted by Crippen LogP contribution is 2.22. The predicted octanol–water partition coefficient (Wildman–Crippen LogP) is 3.34. The summed E-state index contributed by atoms with van der Waals surface area (Å²) in [5, 5.41) is 5.52. The summed E-state index contributed by atoms with van der Waals surface area (Å²) >= 11 is 0. The van der Waals surface area contributed by atoms with Crippen LogP contribution in [-0.2, 0) is 14.3 Å². The van der Waals surface area contributed by atoms with Crippen molar-refractivity contribution in [2.24, 2.45) is 5.92 Å². The summed E-state index contributed by atoms with van der Waals surface area (Å²) in [4.78, 5) is 37.9. The molecule has 0 radical (unpaired) electrons. The van der Waals surface area contributed by atoms with Crippen LogP contribution in [0.2, 0.25) is 0 Å². The number of nitrogens with one attached hydrogen (secondary N) is 2. The second-order valence-corrected chi connectivity index (χ2v) is 9.66. The molecule has 2 N–H and O–H groups in total. The van der Waals surface area contributed by atoms with Gasteiger partial charge in [-0.05, 0) is 70.9 Å². The third-order valence-corrected chi connectivity index (χ3v) is 5.54. The van der Waals surface area contributed by atoms with Gasteiger partial charge in [-0.2, -0.15) is 0 Å². The molecule has 0 aromatic heterocycles. The van der Waals surface area contributed by atoms with Crippen molar-refractivity contribution in [2.75, 3.05) is 32.8 Å². The third kappa shape index (κ3) is 9.72. The molecule has 1 saturated heterocycles. The van der Waals surface area contributed by atoms with Gasteiger partial charge < -0.3 is 25.0 Å². The first kappa shape index (κ1) is 26.5. The molecular weight excluding hydrogens is 422 g/mol. The highest BCUT2D eigenvalue weighted by atomic mass is 16.6. The fourth-order valence-corrected chi connectivity index (χ4v) is 3.74. The first-order valence-corrected chi connectivity index (χ1v) is 11.8. The summed E-state index contributed by atoms with van der Waals surface area (Å²) in [5.74, 6) is 1.16. The zero-order valence-electron chi connectivity index (χ0n) is 20.7. The fourth-order valence-electron chi connectivity index (χ4n) is 3.74. The van der Waals surface area contributed by atoms with Gasteiger partial charge in [0.1, 0.15) is 17.9 Å². The number of piperidine rings is 1. The standard InChI is InChI=1S/C25H39N3O5/c1-18-8-6-9-19(2)23(18)32-15-7-10-21(29)26-16-20-11-13-28(14-12-20)22(30)17-27-24(31)33-25(3,4)5/h6,8-9,20H,7,10-17H2,1-5H3,(H,26,29)(H,27,31). The van der Waals surface area contributed by atoms with E-state index in [2.05, 4.69) is 10.6 Å². The average molecular weight is 462 g/mol. The number of carbonyl (C=O) groups excluding carboxylic acids is 3. The van der Waals surface area contributed by atoms with E-state index in [0.717, 1.165) is 29.7 Å². The molecule has 0 bridgehead atoms. The van der Waals surface area contributed by atoms with Crippen LogP contribution in [0.3, 0.4) is 0 Å². The number of rotatable bonds is 9. The Balaban J connectivity index is 1.57. The Bertz CT molecular complexity index is 791. The van der Waals surface area contributed by atoms with Gasteiger partial charge in [-0.15, -0.1) is 0 Å². The molecule has 33 heavy (non-hydrogen) atoms. The van der Waals surface area contributed by atoms with E-state index < -0.39 is 11.7 Å². The number of amides is 3. The summed E-state index contributed by atoms with van der Waals surface area (Å²) in [6.45, 7) is 11.7. The van der Waals surface area contributed by atoms with Gasteiger partial charge in [-0.1, -0.05) is 18.2 Å². The summed E-state index contributed by atoms with van der Waals surface area (Å²) in [7, 11) is 0. The molecule has 1 aromatic rings. The van der Waals surface area contributed by atoms with Crippen molar-refractivity contribution < 1.29 is 23.9 Å². The number of hydrogen-bond donors (Lipinski definition) is 2. The monoisotopic (exact) mass is 461 g/mol. The van der Waals surface area contributed by atoms with E-state index in [-0.39, 0.29) is 18.4 Å². The molecule has 0 aliphatic carbocycles. The van der Waals surface area contributed by atoms with Crippen LogP contribution in [0, 0.1) is 19.8 Å². The van der Waals surface area contributed by atoms with Crippen LogP contribution in [0.4, 0.5) is 4.79 Å². The Morgan fingerprint density at radius 1 is 1.06 bits per heavy atom. The van der Waals surface area contributed by atoms with Gasteiger partial charge in [0.2, 0.25) is 11.8 Å². The zero-order valence-corrected chi connectivity index (χ0v) is 20.7. The maximum absolute atomic E-state index is 12.3. The topological polar surface area (TPSA) is 97.0 Å². The van der Waals surface area contributed by atoms with Gasteiger partial charge in [0.25, 0.3) is 0 Å². The Kier molecular flexibility index (Phi) is 10.0. The summed E-state index contributed by atoms with van der Waals surface area (Å²) < 4.78 is 11.0. The van der Waals surface area contributed by atoms with Crippen molar-refractivity contribution in [2.45, 2.75) is 65.9 Å². The predicted molar refractivity (Wildman–Crippen MR) is 127 cm³/mol. The Hall–Kier alpha value is -2.77. The largest absolute Gasteiger partial charge is 0.493 e. The molecule has 184 valence electrons. The van der Waals surface area contributed by atoms with Crippen LogP contribution in [0.5, 0.6) is 5.75 Å². The molecule has 1 aliphatic rings. The molecular formula is C25H39N3O5. The molecule has 1 fully saturated rings. The van der Waals surface area contributed by atoms with Crippen LogP contribution in [0.1, 0.15) is 57.6 Å². The lowest BCUT2D eigenvalue weighted by Crippen LogP contribution is -2.46. The molecule has 8 nitrogen and oxygen atoms in total. The molecule has 1 heterocycles. The Labute approximate surface area is 197 Å². The molecule has 2 rings (SSSR count). The van der Waals surface area contributed by atoms with Crippen molar-refractivity contribution in [3.63, 3.8) is 0 Å². The molecule has 1 aromatic carbocycles. The number of ether oxygens (including phenoxy) is 2. The number of para-hydroxylation sites is 1. The third-order valence-electron chi connectivity index (χ3n) is 5.54. The maximum atomic E-state index is 12.3. The normalized spacial score (nSPS) is 14.5. The van der Waals surface area contributed by atoms with E-state index in [1.54, 1.807) is 25.7 Å². The first-order chi connectivity index (χ1) is 15.5. The second-order valence-electron chi connectivity index (χ2n) is 9.66. The zero-order chi connectivity index (χ0) is 24.4. The van der Waals surface area contributed by atoms with E-state index in [1.165, 1.54) is 0 Å². The first-order valence-electron chi connectivity index (χ1n) is 11.8. The molecule has 0 unspecified atom stereocenters. The number of hydrogen-bond acceptors (Lipinski definition) is 5. The maximum Gasteiger partial charge on any atom is 0.408 e. The number of alkyl carbamates (subject to hydrolysis) is 1. The molecule has 0 saturated carbocycles. The van der Waals surface area contributed by atoms with Gasteiger partial charge in [0.05, 0.1) is 6.61 Å². The van der Waals surface area contributed by atoms with Crippen molar-refractivity contribution >= 4 is 17.9 Å². The SMILES string of the molecule is Cc1cccc(C)c1OCCCC(=O)NCC1CCN(C(=O)CNC(=O)OC(C)(C)C)CC1. The lowest BCUT2D eigenvalue weighted by atomic mass is 9.96. The Morgan fingerprint density at radius 3 is 2.30 bits per heavy atom. The number of nitrogens with zero attached hydrogens (tertiary/aromatic N) is 1. The lowest BCUT2D eigenvalue weighted by Gasteiger charge is -2.32. The minimum atomic E-state index is -0.594. The summed E-state index contributed by atoms with van der Waals surface area (Å²) in [5.41, 5.74) is 1.61. The van der Waals surface area contributed by atoms with Gasteiger partial charge in [-0.25, -0.2) is 4.79 Å². The van der Waals surface area contributed by atoms with Crippen molar-refractivity contribution in [3.8, 4) is 5.75 Å². The molecule has 0 atom stereocenters. The van der Waals surface area contributed by atoms with Crippen molar-refractivity contribution in [1.29, 1.82) is 0 Å². The molecule has 1 aliphatic heterocycles. The molecule has 0 spiro atoms. The average Bonchev–Trinajstić information content (AvgIpc) is 2.74. The smallest absolute Gasteiger partial charge is 0.408 e. The van der Waals surface area contributed by atoms with Crippen LogP contribution >= 0.6 is 0 Å². The van der Waals surface area contributed by atoms with Crippen molar-refractivity contribution in [3.05, 3.63) is 29.3 Å². The van der Waals surface area contributed by atoms with Crippen molar-refractivity contribution in [1.82, 2.24) is 15.5 Å². The minimum absolute atomic E-state index is 0.0279. The summed E-state index contributed by atoms with van der Waals surface area (Å²) in [6, 6.07) is 6.04. The molecule has 8 heteroatoms. The van der Waals surface area contributed by atoms with Gasteiger partial charge in [0, 0.05) is 26.1 Å². The second kappa shape index (κ2) is 12.5. The number of benzene rings is 1. The number of carbonyl (C=O) groups is 3. The van der Waals surface area contributed by atoms with Crippen LogP contribution in [0.15, 0.2) is 18.2 Å². The van der Waals surface area contributed by atoms with E-state index in [0.29, 0.717) is 45.0 Å². The van der Waals surface area contributed by atoms with Crippen LogP contribution in [-0.4, -0.2) is 61.2 Å². The van der Waals surface area contributed by atoms with E-state index in [1.807, 2.05) is 32.0 Å².